The first-order valence-corrected chi connectivity index (χ1v) is 5.22. The highest BCUT2D eigenvalue weighted by Crippen LogP contribution is 2.28. The molecule has 0 radical (unpaired) electrons. The number of hydrogen-bond donors (Lipinski definition) is 0. The first kappa shape index (κ1) is 10.0. The van der Waals surface area contributed by atoms with Gasteiger partial charge < -0.3 is 4.90 Å². The molecule has 0 amide bonds. The molecule has 1 aliphatic heterocycles. The Labute approximate surface area is 77.1 Å². The number of hydrogen-bond acceptors (Lipinski definition) is 1. The van der Waals surface area contributed by atoms with Crippen LogP contribution in [0.15, 0.2) is 0 Å². The summed E-state index contributed by atoms with van der Waals surface area (Å²) in [5.74, 6) is 0.855. The second kappa shape index (κ2) is 3.78. The molecule has 0 atom stereocenters. The standard InChI is InChI=1S/C11H23N/c1-10(2)5-7-12-8-6-11(3,4)9-12/h10H,5-9H2,1-4H3. The highest BCUT2D eigenvalue weighted by molar-refractivity contribution is 4.82. The fourth-order valence-electron chi connectivity index (χ4n) is 1.86. The summed E-state index contributed by atoms with van der Waals surface area (Å²) < 4.78 is 0. The number of likely N-dealkylation sites (tertiary alicyclic amines) is 1. The van der Waals surface area contributed by atoms with Crippen LogP contribution in [-0.4, -0.2) is 24.5 Å². The zero-order valence-electron chi connectivity index (χ0n) is 9.06. The summed E-state index contributed by atoms with van der Waals surface area (Å²) in [7, 11) is 0. The van der Waals surface area contributed by atoms with Gasteiger partial charge in [-0.15, -0.1) is 0 Å². The van der Waals surface area contributed by atoms with Gasteiger partial charge in [-0.25, -0.2) is 0 Å². The zero-order valence-corrected chi connectivity index (χ0v) is 9.06. The van der Waals surface area contributed by atoms with Crippen molar-refractivity contribution in [2.75, 3.05) is 19.6 Å². The fourth-order valence-corrected chi connectivity index (χ4v) is 1.86. The Hall–Kier alpha value is -0.0400. The van der Waals surface area contributed by atoms with Gasteiger partial charge in [-0.2, -0.15) is 0 Å². The van der Waals surface area contributed by atoms with Crippen molar-refractivity contribution >= 4 is 0 Å². The molecule has 1 nitrogen and oxygen atoms in total. The third kappa shape index (κ3) is 3.14. The Morgan fingerprint density at radius 1 is 1.33 bits per heavy atom. The molecule has 0 N–H and O–H groups in total. The van der Waals surface area contributed by atoms with E-state index in [-0.39, 0.29) is 0 Å². The topological polar surface area (TPSA) is 3.24 Å². The lowest BCUT2D eigenvalue weighted by Gasteiger charge is -2.20. The summed E-state index contributed by atoms with van der Waals surface area (Å²) in [6, 6.07) is 0. The van der Waals surface area contributed by atoms with Crippen LogP contribution in [0.3, 0.4) is 0 Å². The van der Waals surface area contributed by atoms with Gasteiger partial charge in [0.1, 0.15) is 0 Å². The minimum absolute atomic E-state index is 0.580. The number of nitrogens with zero attached hydrogens (tertiary/aromatic N) is 1. The molecule has 0 bridgehead atoms. The molecule has 0 aliphatic carbocycles. The Balaban J connectivity index is 2.20. The monoisotopic (exact) mass is 169 g/mol. The lowest BCUT2D eigenvalue weighted by Crippen LogP contribution is -2.25. The van der Waals surface area contributed by atoms with Gasteiger partial charge in [-0.05, 0) is 37.3 Å². The smallest absolute Gasteiger partial charge is 0.00332 e. The van der Waals surface area contributed by atoms with Gasteiger partial charge in [-0.3, -0.25) is 0 Å². The van der Waals surface area contributed by atoms with E-state index in [0.717, 1.165) is 5.92 Å². The van der Waals surface area contributed by atoms with E-state index < -0.39 is 0 Å². The highest BCUT2D eigenvalue weighted by atomic mass is 15.1. The Kier molecular flexibility index (Phi) is 3.16. The first-order valence-electron chi connectivity index (χ1n) is 5.22. The van der Waals surface area contributed by atoms with Crippen molar-refractivity contribution in [1.29, 1.82) is 0 Å². The highest BCUT2D eigenvalue weighted by Gasteiger charge is 2.28. The maximum atomic E-state index is 2.61. The predicted molar refractivity (Wildman–Crippen MR) is 54.3 cm³/mol. The SMILES string of the molecule is CC(C)CCN1CCC(C)(C)C1. The second-order valence-corrected chi connectivity index (χ2v) is 5.37. The molecule has 0 aromatic carbocycles. The van der Waals surface area contributed by atoms with Gasteiger partial charge in [0.25, 0.3) is 0 Å². The van der Waals surface area contributed by atoms with Crippen LogP contribution in [0.4, 0.5) is 0 Å². The van der Waals surface area contributed by atoms with Gasteiger partial charge in [-0.1, -0.05) is 27.7 Å². The van der Waals surface area contributed by atoms with Crippen LogP contribution in [-0.2, 0) is 0 Å². The molecule has 0 spiro atoms. The van der Waals surface area contributed by atoms with E-state index in [4.69, 9.17) is 0 Å². The summed E-state index contributed by atoms with van der Waals surface area (Å²) in [5, 5.41) is 0. The van der Waals surface area contributed by atoms with Crippen molar-refractivity contribution < 1.29 is 0 Å². The molecule has 1 heteroatoms. The van der Waals surface area contributed by atoms with Crippen molar-refractivity contribution in [3.63, 3.8) is 0 Å². The molecule has 1 fully saturated rings. The third-order valence-electron chi connectivity index (χ3n) is 2.78. The second-order valence-electron chi connectivity index (χ2n) is 5.37. The van der Waals surface area contributed by atoms with E-state index in [1.165, 1.54) is 32.5 Å². The van der Waals surface area contributed by atoms with Crippen LogP contribution in [0.2, 0.25) is 0 Å². The summed E-state index contributed by atoms with van der Waals surface area (Å²) in [4.78, 5) is 2.61. The molecule has 0 saturated carbocycles. The molecular weight excluding hydrogens is 146 g/mol. The minimum Gasteiger partial charge on any atom is -0.303 e. The van der Waals surface area contributed by atoms with Gasteiger partial charge in [0.05, 0.1) is 0 Å². The van der Waals surface area contributed by atoms with Gasteiger partial charge in [0, 0.05) is 6.54 Å². The van der Waals surface area contributed by atoms with Crippen molar-refractivity contribution in [2.24, 2.45) is 11.3 Å². The maximum absolute atomic E-state index is 2.61. The molecule has 12 heavy (non-hydrogen) atoms. The Morgan fingerprint density at radius 3 is 2.42 bits per heavy atom. The first-order chi connectivity index (χ1) is 5.49. The van der Waals surface area contributed by atoms with E-state index in [1.807, 2.05) is 0 Å². The summed E-state index contributed by atoms with van der Waals surface area (Å²) in [5.41, 5.74) is 0.580. The molecule has 0 aromatic heterocycles. The van der Waals surface area contributed by atoms with Crippen LogP contribution in [0.1, 0.15) is 40.5 Å². The summed E-state index contributed by atoms with van der Waals surface area (Å²) in [6.45, 7) is 13.3. The Bertz CT molecular complexity index is 138. The normalized spacial score (nSPS) is 23.8. The predicted octanol–water partition coefficient (Wildman–Crippen LogP) is 2.76. The largest absolute Gasteiger partial charge is 0.303 e. The van der Waals surface area contributed by atoms with E-state index in [2.05, 4.69) is 32.6 Å². The van der Waals surface area contributed by atoms with Crippen LogP contribution < -0.4 is 0 Å². The lowest BCUT2D eigenvalue weighted by molar-refractivity contribution is 0.275. The molecule has 1 saturated heterocycles. The van der Waals surface area contributed by atoms with Gasteiger partial charge >= 0.3 is 0 Å². The number of rotatable bonds is 3. The quantitative estimate of drug-likeness (QED) is 0.628. The van der Waals surface area contributed by atoms with Gasteiger partial charge in [0.15, 0.2) is 0 Å². The van der Waals surface area contributed by atoms with E-state index in [1.54, 1.807) is 0 Å². The van der Waals surface area contributed by atoms with Crippen molar-refractivity contribution in [3.8, 4) is 0 Å². The van der Waals surface area contributed by atoms with Crippen LogP contribution in [0.25, 0.3) is 0 Å². The van der Waals surface area contributed by atoms with E-state index in [9.17, 15) is 0 Å². The van der Waals surface area contributed by atoms with Crippen LogP contribution in [0, 0.1) is 11.3 Å². The molecule has 1 rings (SSSR count). The lowest BCUT2D eigenvalue weighted by atomic mass is 9.93. The molecular formula is C11H23N. The summed E-state index contributed by atoms with van der Waals surface area (Å²) in [6.07, 6.45) is 2.74. The average molecular weight is 169 g/mol. The third-order valence-corrected chi connectivity index (χ3v) is 2.78. The average Bonchev–Trinajstić information content (AvgIpc) is 2.26. The molecule has 1 heterocycles. The molecule has 1 aliphatic rings. The molecule has 72 valence electrons. The van der Waals surface area contributed by atoms with Crippen molar-refractivity contribution in [1.82, 2.24) is 4.90 Å². The van der Waals surface area contributed by atoms with E-state index >= 15 is 0 Å². The summed E-state index contributed by atoms with van der Waals surface area (Å²) >= 11 is 0. The van der Waals surface area contributed by atoms with Gasteiger partial charge in [0.2, 0.25) is 0 Å². The van der Waals surface area contributed by atoms with E-state index in [0.29, 0.717) is 5.41 Å². The Morgan fingerprint density at radius 2 is 2.00 bits per heavy atom. The maximum Gasteiger partial charge on any atom is 0.00332 e. The molecule has 0 unspecified atom stereocenters. The molecule has 0 aromatic rings. The minimum atomic E-state index is 0.580. The van der Waals surface area contributed by atoms with Crippen molar-refractivity contribution in [3.05, 3.63) is 0 Å². The fraction of sp³-hybridized carbons (Fsp3) is 1.00. The van der Waals surface area contributed by atoms with Crippen LogP contribution >= 0.6 is 0 Å². The zero-order chi connectivity index (χ0) is 9.19. The van der Waals surface area contributed by atoms with Crippen LogP contribution in [0.5, 0.6) is 0 Å². The van der Waals surface area contributed by atoms with Crippen molar-refractivity contribution in [2.45, 2.75) is 40.5 Å².